The summed E-state index contributed by atoms with van der Waals surface area (Å²) in [6.07, 6.45) is 1.35. The molecule has 0 radical (unpaired) electrons. The van der Waals surface area contributed by atoms with Crippen molar-refractivity contribution in [2.75, 3.05) is 0 Å². The van der Waals surface area contributed by atoms with Gasteiger partial charge in [0.05, 0.1) is 14.3 Å². The van der Waals surface area contributed by atoms with E-state index < -0.39 is 15.8 Å². The van der Waals surface area contributed by atoms with Crippen LogP contribution in [0.1, 0.15) is 16.7 Å². The molecule has 1 aliphatic heterocycles. The number of carbonyl (C=O) groups is 1. The number of cyclic esters (lactones) is 1. The van der Waals surface area contributed by atoms with Gasteiger partial charge in [-0.05, 0) is 46.6 Å². The van der Waals surface area contributed by atoms with Crippen molar-refractivity contribution in [3.8, 4) is 0 Å². The lowest BCUT2D eigenvalue weighted by atomic mass is 10.1. The Balaban J connectivity index is 2.02. The minimum absolute atomic E-state index is 0.0564. The Hall–Kier alpha value is -3.40. The highest BCUT2D eigenvalue weighted by atomic mass is 79.9. The Bertz CT molecular complexity index is 1060. The molecule has 0 bridgehead atoms. The molecule has 3 rings (SSSR count). The van der Waals surface area contributed by atoms with E-state index in [1.807, 2.05) is 0 Å². The number of rotatable bonds is 4. The van der Waals surface area contributed by atoms with Crippen LogP contribution in [-0.2, 0) is 9.53 Å². The van der Waals surface area contributed by atoms with Gasteiger partial charge in [0.2, 0.25) is 5.90 Å². The van der Waals surface area contributed by atoms with E-state index in [2.05, 4.69) is 20.9 Å². The van der Waals surface area contributed by atoms with Gasteiger partial charge in [-0.2, -0.15) is 0 Å². The summed E-state index contributed by atoms with van der Waals surface area (Å²) in [4.78, 5) is 37.2. The first-order valence-electron chi connectivity index (χ1n) is 7.49. The lowest BCUT2D eigenvalue weighted by Gasteiger charge is -2.04. The van der Waals surface area contributed by atoms with Gasteiger partial charge in [0, 0.05) is 23.3 Å². The molecule has 2 aromatic rings. The van der Waals surface area contributed by atoms with Crippen LogP contribution in [0.4, 0.5) is 11.4 Å². The van der Waals surface area contributed by atoms with Crippen LogP contribution < -0.4 is 0 Å². The Morgan fingerprint density at radius 2 is 1.81 bits per heavy atom. The van der Waals surface area contributed by atoms with Gasteiger partial charge < -0.3 is 4.74 Å². The van der Waals surface area contributed by atoms with Crippen molar-refractivity contribution in [1.29, 1.82) is 0 Å². The third kappa shape index (κ3) is 3.60. The third-order valence-corrected chi connectivity index (χ3v) is 4.49. The Morgan fingerprint density at radius 3 is 2.48 bits per heavy atom. The molecule has 0 saturated carbocycles. The summed E-state index contributed by atoms with van der Waals surface area (Å²) in [7, 11) is 0. The van der Waals surface area contributed by atoms with E-state index in [1.165, 1.54) is 37.3 Å². The topological polar surface area (TPSA) is 125 Å². The molecule has 0 unspecified atom stereocenters. The standard InChI is InChI=1S/C17H10BrN3O6/c1-9-11(3-2-4-14(9)20(23)24)16-19-13(17(22)27-16)7-10-5-6-12(18)15(8-10)21(25)26/h2-8H,1H3/b13-7-. The number of halogens is 1. The van der Waals surface area contributed by atoms with E-state index in [4.69, 9.17) is 4.74 Å². The van der Waals surface area contributed by atoms with Crippen molar-refractivity contribution in [2.24, 2.45) is 4.99 Å². The molecular weight excluding hydrogens is 422 g/mol. The summed E-state index contributed by atoms with van der Waals surface area (Å²) in [5, 5.41) is 22.1. The number of ether oxygens (including phenoxy) is 1. The molecule has 0 spiro atoms. The smallest absolute Gasteiger partial charge is 0.363 e. The Kier molecular flexibility index (Phi) is 4.82. The van der Waals surface area contributed by atoms with Crippen LogP contribution in [0, 0.1) is 27.2 Å². The zero-order valence-corrected chi connectivity index (χ0v) is 15.3. The molecule has 0 aliphatic carbocycles. The van der Waals surface area contributed by atoms with Gasteiger partial charge in [-0.3, -0.25) is 20.2 Å². The van der Waals surface area contributed by atoms with Crippen LogP contribution in [0.2, 0.25) is 0 Å². The summed E-state index contributed by atoms with van der Waals surface area (Å²) >= 11 is 3.09. The highest BCUT2D eigenvalue weighted by Gasteiger charge is 2.27. The molecule has 0 amide bonds. The molecule has 27 heavy (non-hydrogen) atoms. The maximum absolute atomic E-state index is 12.1. The summed E-state index contributed by atoms with van der Waals surface area (Å²) < 4.78 is 5.43. The highest BCUT2D eigenvalue weighted by molar-refractivity contribution is 9.10. The number of nitrogens with zero attached hydrogens (tertiary/aromatic N) is 3. The van der Waals surface area contributed by atoms with Gasteiger partial charge in [0.25, 0.3) is 11.4 Å². The number of nitro benzene ring substituents is 2. The lowest BCUT2D eigenvalue weighted by molar-refractivity contribution is -0.385. The second kappa shape index (κ2) is 7.08. The summed E-state index contributed by atoms with van der Waals surface area (Å²) in [5.74, 6) is -0.805. The largest absolute Gasteiger partial charge is 0.402 e. The summed E-state index contributed by atoms with van der Waals surface area (Å²) in [6, 6.07) is 8.71. The fraction of sp³-hybridized carbons (Fsp3) is 0.0588. The molecule has 0 aromatic heterocycles. The number of hydrogen-bond donors (Lipinski definition) is 0. The molecule has 9 nitrogen and oxygen atoms in total. The zero-order chi connectivity index (χ0) is 19.7. The first kappa shape index (κ1) is 18.4. The molecular formula is C17H10BrN3O6. The van der Waals surface area contributed by atoms with Gasteiger partial charge in [0.15, 0.2) is 5.70 Å². The van der Waals surface area contributed by atoms with E-state index in [0.717, 1.165) is 0 Å². The van der Waals surface area contributed by atoms with E-state index in [1.54, 1.807) is 12.1 Å². The van der Waals surface area contributed by atoms with Crippen molar-refractivity contribution in [1.82, 2.24) is 0 Å². The van der Waals surface area contributed by atoms with E-state index >= 15 is 0 Å². The fourth-order valence-electron chi connectivity index (χ4n) is 2.49. The second-order valence-corrected chi connectivity index (χ2v) is 6.37. The van der Waals surface area contributed by atoms with Crippen molar-refractivity contribution >= 4 is 45.2 Å². The number of esters is 1. The average molecular weight is 432 g/mol. The first-order valence-corrected chi connectivity index (χ1v) is 8.28. The SMILES string of the molecule is Cc1c(C2=N/C(=C\c3ccc(Br)c([N+](=O)[O-])c3)C(=O)O2)cccc1[N+](=O)[O-]. The molecule has 0 N–H and O–H groups in total. The van der Waals surface area contributed by atoms with Gasteiger partial charge in [-0.15, -0.1) is 0 Å². The monoisotopic (exact) mass is 431 g/mol. The molecule has 1 heterocycles. The summed E-state index contributed by atoms with van der Waals surface area (Å²) in [5.41, 5.74) is 0.684. The van der Waals surface area contributed by atoms with Gasteiger partial charge >= 0.3 is 5.97 Å². The number of carbonyl (C=O) groups excluding carboxylic acids is 1. The summed E-state index contributed by atoms with van der Waals surface area (Å²) in [6.45, 7) is 1.53. The molecule has 0 fully saturated rings. The fourth-order valence-corrected chi connectivity index (χ4v) is 2.89. The minimum atomic E-state index is -0.749. The number of nitro groups is 2. The minimum Gasteiger partial charge on any atom is -0.402 e. The van der Waals surface area contributed by atoms with Crippen LogP contribution in [0.25, 0.3) is 6.08 Å². The maximum Gasteiger partial charge on any atom is 0.363 e. The molecule has 136 valence electrons. The van der Waals surface area contributed by atoms with Crippen LogP contribution in [-0.4, -0.2) is 21.7 Å². The Morgan fingerprint density at radius 1 is 1.11 bits per heavy atom. The van der Waals surface area contributed by atoms with Crippen LogP contribution >= 0.6 is 15.9 Å². The van der Waals surface area contributed by atoms with Crippen molar-refractivity contribution in [3.63, 3.8) is 0 Å². The third-order valence-electron chi connectivity index (χ3n) is 3.82. The van der Waals surface area contributed by atoms with Gasteiger partial charge in [-0.1, -0.05) is 12.1 Å². The van der Waals surface area contributed by atoms with Crippen LogP contribution in [0.5, 0.6) is 0 Å². The van der Waals surface area contributed by atoms with Crippen molar-refractivity contribution < 1.29 is 19.4 Å². The number of aliphatic imine (C=N–C) groups is 1. The van der Waals surface area contributed by atoms with Crippen LogP contribution in [0.3, 0.4) is 0 Å². The maximum atomic E-state index is 12.1. The highest BCUT2D eigenvalue weighted by Crippen LogP contribution is 2.29. The molecule has 10 heteroatoms. The van der Waals surface area contributed by atoms with Gasteiger partial charge in [0.1, 0.15) is 0 Å². The van der Waals surface area contributed by atoms with E-state index in [9.17, 15) is 25.0 Å². The zero-order valence-electron chi connectivity index (χ0n) is 13.7. The van der Waals surface area contributed by atoms with Gasteiger partial charge in [-0.25, -0.2) is 9.79 Å². The first-order chi connectivity index (χ1) is 12.8. The normalized spacial score (nSPS) is 14.8. The average Bonchev–Trinajstić information content (AvgIpc) is 2.96. The van der Waals surface area contributed by atoms with Crippen molar-refractivity contribution in [3.05, 3.63) is 83.5 Å². The molecule has 0 atom stereocenters. The van der Waals surface area contributed by atoms with E-state index in [-0.39, 0.29) is 23.0 Å². The second-order valence-electron chi connectivity index (χ2n) is 5.51. The van der Waals surface area contributed by atoms with Crippen LogP contribution in [0.15, 0.2) is 51.6 Å². The molecule has 0 saturated heterocycles. The molecule has 1 aliphatic rings. The quantitative estimate of drug-likeness (QED) is 0.312. The number of hydrogen-bond acceptors (Lipinski definition) is 7. The lowest BCUT2D eigenvalue weighted by Crippen LogP contribution is -2.08. The predicted octanol–water partition coefficient (Wildman–Crippen LogP) is 3.92. The number of benzene rings is 2. The predicted molar refractivity (Wildman–Crippen MR) is 99.2 cm³/mol. The molecule has 2 aromatic carbocycles. The Labute approximate surface area is 160 Å². The van der Waals surface area contributed by atoms with Crippen molar-refractivity contribution in [2.45, 2.75) is 6.92 Å². The van der Waals surface area contributed by atoms with E-state index in [0.29, 0.717) is 21.2 Å².